The Hall–Kier alpha value is -2.19. The number of aliphatic hydroxyl groups excluding tert-OH is 2. The van der Waals surface area contributed by atoms with Crippen molar-refractivity contribution in [3.05, 3.63) is 17.8 Å². The Balaban J connectivity index is 1.58. The summed E-state index contributed by atoms with van der Waals surface area (Å²) in [4.78, 5) is 21.0. The summed E-state index contributed by atoms with van der Waals surface area (Å²) < 4.78 is 0. The number of pyridine rings is 1. The molecular formula is C17H23N5O3. The van der Waals surface area contributed by atoms with Crippen LogP contribution in [-0.2, 0) is 0 Å². The predicted octanol–water partition coefficient (Wildman–Crippen LogP) is 0.516. The van der Waals surface area contributed by atoms with Gasteiger partial charge >= 0.3 is 0 Å². The number of H-pyrrole nitrogens is 1. The zero-order chi connectivity index (χ0) is 17.4. The topological polar surface area (TPSA) is 106 Å². The van der Waals surface area contributed by atoms with E-state index in [-0.39, 0.29) is 19.0 Å². The molecule has 2 aliphatic rings. The Kier molecular flexibility index (Phi) is 4.30. The van der Waals surface area contributed by atoms with Crippen molar-refractivity contribution in [1.29, 1.82) is 0 Å². The Morgan fingerprint density at radius 3 is 2.44 bits per heavy atom. The summed E-state index contributed by atoms with van der Waals surface area (Å²) >= 11 is 0. The number of rotatable bonds is 2. The van der Waals surface area contributed by atoms with Gasteiger partial charge < -0.3 is 20.0 Å². The monoisotopic (exact) mass is 345 g/mol. The lowest BCUT2D eigenvalue weighted by atomic mass is 10.2. The van der Waals surface area contributed by atoms with Gasteiger partial charge in [-0.25, -0.2) is 4.98 Å². The highest BCUT2D eigenvalue weighted by Crippen LogP contribution is 2.23. The van der Waals surface area contributed by atoms with E-state index in [1.165, 1.54) is 30.6 Å². The van der Waals surface area contributed by atoms with Gasteiger partial charge in [-0.2, -0.15) is 5.10 Å². The second-order valence-corrected chi connectivity index (χ2v) is 6.89. The van der Waals surface area contributed by atoms with Gasteiger partial charge in [0, 0.05) is 26.2 Å². The summed E-state index contributed by atoms with van der Waals surface area (Å²) in [5, 5.41) is 26.9. The van der Waals surface area contributed by atoms with Gasteiger partial charge in [0.15, 0.2) is 5.65 Å². The summed E-state index contributed by atoms with van der Waals surface area (Å²) in [5.41, 5.74) is 0.872. The van der Waals surface area contributed by atoms with E-state index < -0.39 is 12.2 Å². The van der Waals surface area contributed by atoms with Gasteiger partial charge in [-0.15, -0.1) is 0 Å². The molecule has 134 valence electrons. The summed E-state index contributed by atoms with van der Waals surface area (Å²) in [5.74, 6) is 0.620. The molecule has 2 saturated heterocycles. The normalized spacial score (nSPS) is 24.7. The highest BCUT2D eigenvalue weighted by molar-refractivity contribution is 6.04. The number of nitrogens with zero attached hydrogens (tertiary/aromatic N) is 4. The number of aromatic nitrogens is 3. The zero-order valence-corrected chi connectivity index (χ0v) is 14.1. The van der Waals surface area contributed by atoms with E-state index in [0.29, 0.717) is 16.7 Å². The molecule has 2 aliphatic heterocycles. The van der Waals surface area contributed by atoms with Crippen LogP contribution in [0.4, 0.5) is 5.82 Å². The first kappa shape index (κ1) is 16.3. The predicted molar refractivity (Wildman–Crippen MR) is 92.5 cm³/mol. The van der Waals surface area contributed by atoms with E-state index in [1.54, 1.807) is 0 Å². The van der Waals surface area contributed by atoms with E-state index in [0.717, 1.165) is 18.9 Å². The molecule has 0 bridgehead atoms. The molecule has 25 heavy (non-hydrogen) atoms. The fourth-order valence-corrected chi connectivity index (χ4v) is 3.62. The van der Waals surface area contributed by atoms with Gasteiger partial charge in [0.25, 0.3) is 5.91 Å². The minimum absolute atomic E-state index is 0.125. The smallest absolute Gasteiger partial charge is 0.272 e. The number of fused-ring (bicyclic) bond motifs is 1. The van der Waals surface area contributed by atoms with Crippen LogP contribution < -0.4 is 4.90 Å². The molecule has 3 N–H and O–H groups in total. The molecule has 4 rings (SSSR count). The molecule has 0 aromatic carbocycles. The lowest BCUT2D eigenvalue weighted by molar-refractivity contribution is 0.0572. The molecule has 2 atom stereocenters. The number of hydrogen-bond acceptors (Lipinski definition) is 6. The SMILES string of the molecule is O=C(c1[nH]nc2nc(N3CCCCCC3)ccc12)N1C[C@@H](O)[C@H](O)C1. The number of carbonyl (C=O) groups is 1. The van der Waals surface area contributed by atoms with Gasteiger partial charge in [0.2, 0.25) is 0 Å². The van der Waals surface area contributed by atoms with E-state index in [9.17, 15) is 15.0 Å². The van der Waals surface area contributed by atoms with Gasteiger partial charge in [-0.05, 0) is 25.0 Å². The van der Waals surface area contributed by atoms with Crippen molar-refractivity contribution in [3.8, 4) is 0 Å². The maximum atomic E-state index is 12.6. The number of β-amino-alcohol motifs (C(OH)–C–C–N with tert-alkyl or cyclic N) is 2. The van der Waals surface area contributed by atoms with E-state index in [1.807, 2.05) is 12.1 Å². The number of carbonyl (C=O) groups excluding carboxylic acids is 1. The maximum absolute atomic E-state index is 12.6. The first-order valence-electron chi connectivity index (χ1n) is 8.89. The molecule has 1 amide bonds. The minimum atomic E-state index is -0.897. The first-order chi connectivity index (χ1) is 12.1. The molecule has 0 spiro atoms. The van der Waals surface area contributed by atoms with Crippen LogP contribution in [0.5, 0.6) is 0 Å². The Labute approximate surface area is 145 Å². The number of anilines is 1. The van der Waals surface area contributed by atoms with Crippen molar-refractivity contribution in [3.63, 3.8) is 0 Å². The third-order valence-corrected chi connectivity index (χ3v) is 5.09. The molecule has 0 saturated carbocycles. The standard InChI is InChI=1S/C17H23N5O3/c23-12-9-22(10-13(12)24)17(25)15-11-5-6-14(18-16(11)20-19-15)21-7-3-1-2-4-8-21/h5-6,12-13,23-24H,1-4,7-10H2,(H,18,19,20)/t12-,13-/m1/s1. The Morgan fingerprint density at radius 1 is 1.08 bits per heavy atom. The van der Waals surface area contributed by atoms with Crippen LogP contribution in [0.25, 0.3) is 11.0 Å². The number of aromatic amines is 1. The van der Waals surface area contributed by atoms with Crippen molar-refractivity contribution in [2.45, 2.75) is 37.9 Å². The molecule has 2 fully saturated rings. The molecule has 4 heterocycles. The third-order valence-electron chi connectivity index (χ3n) is 5.09. The maximum Gasteiger partial charge on any atom is 0.272 e. The van der Waals surface area contributed by atoms with Crippen molar-refractivity contribution in [1.82, 2.24) is 20.1 Å². The molecule has 8 nitrogen and oxygen atoms in total. The van der Waals surface area contributed by atoms with E-state index in [4.69, 9.17) is 0 Å². The number of likely N-dealkylation sites (tertiary alicyclic amines) is 1. The summed E-state index contributed by atoms with van der Waals surface area (Å²) in [6.07, 6.45) is 3.06. The molecule has 8 heteroatoms. The molecule has 0 unspecified atom stereocenters. The summed E-state index contributed by atoms with van der Waals surface area (Å²) in [6, 6.07) is 3.82. The first-order valence-corrected chi connectivity index (χ1v) is 8.89. The summed E-state index contributed by atoms with van der Waals surface area (Å²) in [7, 11) is 0. The van der Waals surface area contributed by atoms with Crippen LogP contribution >= 0.6 is 0 Å². The quantitative estimate of drug-likeness (QED) is 0.733. The van der Waals surface area contributed by atoms with Crippen LogP contribution in [0.2, 0.25) is 0 Å². The minimum Gasteiger partial charge on any atom is -0.388 e. The zero-order valence-electron chi connectivity index (χ0n) is 14.1. The lowest BCUT2D eigenvalue weighted by Crippen LogP contribution is -2.30. The third kappa shape index (κ3) is 3.07. The number of nitrogens with one attached hydrogen (secondary N) is 1. The van der Waals surface area contributed by atoms with E-state index in [2.05, 4.69) is 20.1 Å². The van der Waals surface area contributed by atoms with Crippen molar-refractivity contribution >= 4 is 22.8 Å². The molecule has 2 aromatic rings. The fraction of sp³-hybridized carbons (Fsp3) is 0.588. The van der Waals surface area contributed by atoms with Crippen LogP contribution in [0, 0.1) is 0 Å². The highest BCUT2D eigenvalue weighted by atomic mass is 16.3. The second-order valence-electron chi connectivity index (χ2n) is 6.89. The lowest BCUT2D eigenvalue weighted by Gasteiger charge is -2.21. The molecule has 0 radical (unpaired) electrons. The average molecular weight is 345 g/mol. The molecular weight excluding hydrogens is 322 g/mol. The molecule has 2 aromatic heterocycles. The highest BCUT2D eigenvalue weighted by Gasteiger charge is 2.34. The van der Waals surface area contributed by atoms with Crippen LogP contribution in [0.3, 0.4) is 0 Å². The second kappa shape index (κ2) is 6.61. The van der Waals surface area contributed by atoms with Gasteiger partial charge in [-0.1, -0.05) is 12.8 Å². The van der Waals surface area contributed by atoms with Crippen molar-refractivity contribution in [2.24, 2.45) is 0 Å². The Bertz CT molecular complexity index is 759. The van der Waals surface area contributed by atoms with Crippen LogP contribution in [0.1, 0.15) is 36.2 Å². The largest absolute Gasteiger partial charge is 0.388 e. The van der Waals surface area contributed by atoms with Crippen LogP contribution in [0.15, 0.2) is 12.1 Å². The van der Waals surface area contributed by atoms with Gasteiger partial charge in [-0.3, -0.25) is 9.89 Å². The number of hydrogen-bond donors (Lipinski definition) is 3. The number of amides is 1. The fourth-order valence-electron chi connectivity index (χ4n) is 3.62. The van der Waals surface area contributed by atoms with Gasteiger partial charge in [0.05, 0.1) is 17.6 Å². The molecule has 0 aliphatic carbocycles. The van der Waals surface area contributed by atoms with Gasteiger partial charge in [0.1, 0.15) is 11.5 Å². The van der Waals surface area contributed by atoms with E-state index >= 15 is 0 Å². The van der Waals surface area contributed by atoms with Crippen LogP contribution in [-0.4, -0.2) is 74.6 Å². The number of aliphatic hydroxyl groups is 2. The van der Waals surface area contributed by atoms with Crippen molar-refractivity contribution < 1.29 is 15.0 Å². The summed E-state index contributed by atoms with van der Waals surface area (Å²) in [6.45, 7) is 2.25. The van der Waals surface area contributed by atoms with Crippen molar-refractivity contribution in [2.75, 3.05) is 31.1 Å². The Morgan fingerprint density at radius 2 is 1.76 bits per heavy atom. The average Bonchev–Trinajstić information content (AvgIpc) is 3.06.